The van der Waals surface area contributed by atoms with Crippen molar-refractivity contribution in [3.63, 3.8) is 0 Å². The molecule has 2 rings (SSSR count). The number of carboxylic acid groups (broad SMARTS) is 1. The molecule has 0 saturated carbocycles. The van der Waals surface area contributed by atoms with Crippen molar-refractivity contribution in [2.75, 3.05) is 18.5 Å². The molecule has 0 fully saturated rings. The standard InChI is InChI=1S/C13H12F3N3O3/c14-13(15,16)12-18-9-3-2-7(11(21)22)6-8(9)10(19-12)17-4-1-5-20/h2-3,6,20H,1,4-5H2,(H,21,22)(H,17,18,19). The normalized spacial score (nSPS) is 11.6. The highest BCUT2D eigenvalue weighted by atomic mass is 19.4. The van der Waals surface area contributed by atoms with E-state index >= 15 is 0 Å². The van der Waals surface area contributed by atoms with Crippen LogP contribution in [0.15, 0.2) is 18.2 Å². The summed E-state index contributed by atoms with van der Waals surface area (Å²) in [5.41, 5.74) is -0.0973. The maximum absolute atomic E-state index is 12.8. The molecule has 0 saturated heterocycles. The van der Waals surface area contributed by atoms with E-state index in [0.29, 0.717) is 6.42 Å². The lowest BCUT2D eigenvalue weighted by Crippen LogP contribution is -2.14. The minimum Gasteiger partial charge on any atom is -0.478 e. The van der Waals surface area contributed by atoms with Crippen LogP contribution in [0.3, 0.4) is 0 Å². The number of aromatic nitrogens is 2. The van der Waals surface area contributed by atoms with E-state index in [0.717, 1.165) is 0 Å². The topological polar surface area (TPSA) is 95.3 Å². The smallest absolute Gasteiger partial charge is 0.451 e. The first-order valence-corrected chi connectivity index (χ1v) is 6.30. The quantitative estimate of drug-likeness (QED) is 0.732. The number of alkyl halides is 3. The molecule has 118 valence electrons. The minimum absolute atomic E-state index is 0.0150. The molecule has 1 aromatic carbocycles. The van der Waals surface area contributed by atoms with Crippen LogP contribution in [-0.2, 0) is 6.18 Å². The summed E-state index contributed by atoms with van der Waals surface area (Å²) in [5.74, 6) is -2.63. The van der Waals surface area contributed by atoms with Crippen molar-refractivity contribution in [1.29, 1.82) is 0 Å². The molecule has 0 aliphatic heterocycles. The predicted octanol–water partition coefficient (Wildman–Crippen LogP) is 2.14. The number of aromatic carboxylic acids is 1. The molecule has 0 atom stereocenters. The molecule has 22 heavy (non-hydrogen) atoms. The van der Waals surface area contributed by atoms with Crippen molar-refractivity contribution in [2.45, 2.75) is 12.6 Å². The zero-order valence-electron chi connectivity index (χ0n) is 11.2. The lowest BCUT2D eigenvalue weighted by Gasteiger charge is -2.12. The number of carboxylic acids is 1. The van der Waals surface area contributed by atoms with Crippen LogP contribution < -0.4 is 5.32 Å². The Balaban J connectivity index is 2.57. The molecule has 0 unspecified atom stereocenters. The average Bonchev–Trinajstić information content (AvgIpc) is 2.45. The molecule has 2 aromatic rings. The third kappa shape index (κ3) is 3.42. The lowest BCUT2D eigenvalue weighted by molar-refractivity contribution is -0.144. The fourth-order valence-electron chi connectivity index (χ4n) is 1.81. The highest BCUT2D eigenvalue weighted by Crippen LogP contribution is 2.30. The van der Waals surface area contributed by atoms with Crippen LogP contribution >= 0.6 is 0 Å². The van der Waals surface area contributed by atoms with E-state index in [-0.39, 0.29) is 35.4 Å². The summed E-state index contributed by atoms with van der Waals surface area (Å²) < 4.78 is 38.4. The molecule has 0 bridgehead atoms. The molecule has 0 amide bonds. The van der Waals surface area contributed by atoms with E-state index in [2.05, 4.69) is 15.3 Å². The first-order chi connectivity index (χ1) is 10.3. The minimum atomic E-state index is -4.72. The number of aliphatic hydroxyl groups is 1. The van der Waals surface area contributed by atoms with E-state index in [1.165, 1.54) is 18.2 Å². The van der Waals surface area contributed by atoms with Gasteiger partial charge in [0.25, 0.3) is 0 Å². The van der Waals surface area contributed by atoms with Gasteiger partial charge in [0, 0.05) is 18.5 Å². The Labute approximate surface area is 122 Å². The summed E-state index contributed by atoms with van der Waals surface area (Å²) in [7, 11) is 0. The monoisotopic (exact) mass is 315 g/mol. The van der Waals surface area contributed by atoms with Crippen LogP contribution in [0, 0.1) is 0 Å². The number of halogens is 3. The van der Waals surface area contributed by atoms with Crippen LogP contribution in [0.1, 0.15) is 22.6 Å². The van der Waals surface area contributed by atoms with Crippen molar-refractivity contribution in [1.82, 2.24) is 9.97 Å². The second-order valence-corrected chi connectivity index (χ2v) is 4.43. The third-order valence-electron chi connectivity index (χ3n) is 2.82. The van der Waals surface area contributed by atoms with Crippen LogP contribution in [0.2, 0.25) is 0 Å². The van der Waals surface area contributed by atoms with Gasteiger partial charge in [-0.2, -0.15) is 13.2 Å². The number of hydrogen-bond donors (Lipinski definition) is 3. The highest BCUT2D eigenvalue weighted by molar-refractivity contribution is 5.97. The number of fused-ring (bicyclic) bond motifs is 1. The summed E-state index contributed by atoms with van der Waals surface area (Å²) in [4.78, 5) is 17.8. The molecule has 0 radical (unpaired) electrons. The molecule has 6 nitrogen and oxygen atoms in total. The van der Waals surface area contributed by atoms with E-state index in [1.54, 1.807) is 0 Å². The van der Waals surface area contributed by atoms with Crippen LogP contribution in [0.4, 0.5) is 19.0 Å². The lowest BCUT2D eigenvalue weighted by atomic mass is 10.1. The summed E-state index contributed by atoms with van der Waals surface area (Å²) in [6, 6.07) is 3.58. The molecule has 1 aromatic heterocycles. The van der Waals surface area contributed by atoms with Gasteiger partial charge in [-0.15, -0.1) is 0 Å². The zero-order valence-corrected chi connectivity index (χ0v) is 11.2. The van der Waals surface area contributed by atoms with Gasteiger partial charge < -0.3 is 15.5 Å². The van der Waals surface area contributed by atoms with Crippen molar-refractivity contribution in [3.8, 4) is 0 Å². The first kappa shape index (κ1) is 16.0. The van der Waals surface area contributed by atoms with E-state index in [9.17, 15) is 18.0 Å². The second-order valence-electron chi connectivity index (χ2n) is 4.43. The summed E-state index contributed by atoms with van der Waals surface area (Å²) >= 11 is 0. The maximum Gasteiger partial charge on any atom is 0.451 e. The van der Waals surface area contributed by atoms with Gasteiger partial charge in [0.1, 0.15) is 5.82 Å². The predicted molar refractivity (Wildman–Crippen MR) is 71.7 cm³/mol. The number of anilines is 1. The van der Waals surface area contributed by atoms with Crippen LogP contribution in [-0.4, -0.2) is 39.3 Å². The van der Waals surface area contributed by atoms with Gasteiger partial charge >= 0.3 is 12.1 Å². The van der Waals surface area contributed by atoms with E-state index in [1.807, 2.05) is 0 Å². The fraction of sp³-hybridized carbons (Fsp3) is 0.308. The molecule has 3 N–H and O–H groups in total. The Morgan fingerprint density at radius 2 is 2.00 bits per heavy atom. The average molecular weight is 315 g/mol. The molecule has 1 heterocycles. The number of hydrogen-bond acceptors (Lipinski definition) is 5. The Bertz CT molecular complexity index is 704. The SMILES string of the molecule is O=C(O)c1ccc2nc(C(F)(F)F)nc(NCCCO)c2c1. The molecule has 0 aliphatic rings. The van der Waals surface area contributed by atoms with Crippen molar-refractivity contribution in [3.05, 3.63) is 29.6 Å². The Hall–Kier alpha value is -2.42. The molecule has 0 aliphatic carbocycles. The first-order valence-electron chi connectivity index (χ1n) is 6.30. The van der Waals surface area contributed by atoms with Crippen LogP contribution in [0.25, 0.3) is 10.9 Å². The number of rotatable bonds is 5. The number of aliphatic hydroxyl groups excluding tert-OH is 1. The molecular weight excluding hydrogens is 303 g/mol. The molecular formula is C13H12F3N3O3. The summed E-state index contributed by atoms with van der Waals surface area (Å²) in [6.07, 6.45) is -4.40. The third-order valence-corrected chi connectivity index (χ3v) is 2.82. The second kappa shape index (κ2) is 6.14. The van der Waals surface area contributed by atoms with Crippen molar-refractivity contribution in [2.24, 2.45) is 0 Å². The van der Waals surface area contributed by atoms with E-state index < -0.39 is 18.0 Å². The number of nitrogens with one attached hydrogen (secondary N) is 1. The van der Waals surface area contributed by atoms with Gasteiger partial charge in [0.15, 0.2) is 0 Å². The van der Waals surface area contributed by atoms with Gasteiger partial charge in [-0.05, 0) is 24.6 Å². The number of carbonyl (C=O) groups is 1. The van der Waals surface area contributed by atoms with Gasteiger partial charge in [0.2, 0.25) is 5.82 Å². The Morgan fingerprint density at radius 3 is 2.59 bits per heavy atom. The Morgan fingerprint density at radius 1 is 1.27 bits per heavy atom. The Kier molecular flexibility index (Phi) is 4.45. The largest absolute Gasteiger partial charge is 0.478 e. The fourth-order valence-corrected chi connectivity index (χ4v) is 1.81. The summed E-state index contributed by atoms with van der Waals surface area (Å²) in [6.45, 7) is 0.0553. The highest BCUT2D eigenvalue weighted by Gasteiger charge is 2.35. The van der Waals surface area contributed by atoms with Gasteiger partial charge in [-0.25, -0.2) is 14.8 Å². The number of benzene rings is 1. The van der Waals surface area contributed by atoms with Crippen LogP contribution in [0.5, 0.6) is 0 Å². The van der Waals surface area contributed by atoms with Gasteiger partial charge in [-0.3, -0.25) is 0 Å². The zero-order chi connectivity index (χ0) is 16.3. The van der Waals surface area contributed by atoms with Gasteiger partial charge in [0.05, 0.1) is 11.1 Å². The maximum atomic E-state index is 12.8. The van der Waals surface area contributed by atoms with E-state index in [4.69, 9.17) is 10.2 Å². The molecule has 9 heteroatoms. The molecule has 0 spiro atoms. The number of nitrogens with zero attached hydrogens (tertiary/aromatic N) is 2. The van der Waals surface area contributed by atoms with Crippen molar-refractivity contribution >= 4 is 22.7 Å². The van der Waals surface area contributed by atoms with Gasteiger partial charge in [-0.1, -0.05) is 0 Å². The summed E-state index contributed by atoms with van der Waals surface area (Å²) in [5, 5.41) is 20.5. The van der Waals surface area contributed by atoms with Crippen molar-refractivity contribution < 1.29 is 28.2 Å².